The van der Waals surface area contributed by atoms with Crippen molar-refractivity contribution in [2.45, 2.75) is 6.42 Å². The van der Waals surface area contributed by atoms with Crippen LogP contribution >= 0.6 is 0 Å². The highest BCUT2D eigenvalue weighted by Crippen LogP contribution is 2.65. The lowest BCUT2D eigenvalue weighted by molar-refractivity contribution is -0.124. The van der Waals surface area contributed by atoms with Crippen LogP contribution in [0.1, 0.15) is 27.1 Å². The maximum absolute atomic E-state index is 13.2. The number of amides is 2. The SMILES string of the molecule is COc1ccc(C(=O)COC(=O)c2ccc(N3C(=O)[C@@H]4[C@H]5C=C[C@H]([C@H]6C[C@H]56)[C@@H]4C3=O)cc2)cc1. The summed E-state index contributed by atoms with van der Waals surface area (Å²) in [5.74, 6) is 0.270. The Hall–Kier alpha value is -3.74. The second-order valence-corrected chi connectivity index (χ2v) is 9.44. The molecular formula is C27H23NO6. The molecule has 5 aliphatic rings. The van der Waals surface area contributed by atoms with E-state index in [1.807, 2.05) is 0 Å². The van der Waals surface area contributed by atoms with Gasteiger partial charge in [-0.05, 0) is 78.6 Å². The predicted octanol–water partition coefficient (Wildman–Crippen LogP) is 3.29. The monoisotopic (exact) mass is 457 g/mol. The van der Waals surface area contributed by atoms with Crippen molar-refractivity contribution >= 4 is 29.3 Å². The van der Waals surface area contributed by atoms with Gasteiger partial charge in [-0.1, -0.05) is 12.2 Å². The smallest absolute Gasteiger partial charge is 0.338 e. The van der Waals surface area contributed by atoms with Gasteiger partial charge in [0.1, 0.15) is 5.75 Å². The van der Waals surface area contributed by atoms with Gasteiger partial charge in [0.05, 0.1) is 30.2 Å². The fraction of sp³-hybridized carbons (Fsp3) is 0.333. The third kappa shape index (κ3) is 3.10. The number of anilines is 1. The second kappa shape index (κ2) is 7.65. The minimum absolute atomic E-state index is 0.139. The summed E-state index contributed by atoms with van der Waals surface area (Å²) in [6.45, 7) is -0.391. The number of allylic oxidation sites excluding steroid dienone is 2. The maximum atomic E-state index is 13.2. The van der Waals surface area contributed by atoms with Crippen LogP contribution in [0.3, 0.4) is 0 Å². The Bertz CT molecular complexity index is 1190. The van der Waals surface area contributed by atoms with Crippen LogP contribution in [-0.2, 0) is 14.3 Å². The van der Waals surface area contributed by atoms with Gasteiger partial charge in [-0.25, -0.2) is 4.79 Å². The van der Waals surface area contributed by atoms with Crippen LogP contribution in [0.15, 0.2) is 60.7 Å². The van der Waals surface area contributed by atoms with Gasteiger partial charge < -0.3 is 9.47 Å². The molecule has 0 radical (unpaired) electrons. The molecule has 0 unspecified atom stereocenters. The van der Waals surface area contributed by atoms with Gasteiger partial charge >= 0.3 is 5.97 Å². The Morgan fingerprint density at radius 3 is 1.97 bits per heavy atom. The first-order valence-electron chi connectivity index (χ1n) is 11.5. The van der Waals surface area contributed by atoms with Gasteiger partial charge in [0.15, 0.2) is 12.4 Å². The summed E-state index contributed by atoms with van der Waals surface area (Å²) in [7, 11) is 1.54. The van der Waals surface area contributed by atoms with E-state index in [-0.39, 0.29) is 46.8 Å². The molecule has 2 saturated carbocycles. The normalized spacial score (nSPS) is 30.1. The average Bonchev–Trinajstić information content (AvgIpc) is 3.65. The maximum Gasteiger partial charge on any atom is 0.338 e. The third-order valence-electron chi connectivity index (χ3n) is 7.77. The topological polar surface area (TPSA) is 90.0 Å². The first-order valence-corrected chi connectivity index (χ1v) is 11.5. The van der Waals surface area contributed by atoms with E-state index >= 15 is 0 Å². The largest absolute Gasteiger partial charge is 0.497 e. The molecule has 7 nitrogen and oxygen atoms in total. The molecule has 2 bridgehead atoms. The number of ether oxygens (including phenoxy) is 2. The first kappa shape index (κ1) is 20.8. The van der Waals surface area contributed by atoms with Crippen molar-refractivity contribution in [2.75, 3.05) is 18.6 Å². The molecule has 6 atom stereocenters. The summed E-state index contributed by atoms with van der Waals surface area (Å²) < 4.78 is 10.2. The molecule has 0 aromatic heterocycles. The number of nitrogens with zero attached hydrogens (tertiary/aromatic N) is 1. The molecule has 0 spiro atoms. The molecule has 7 heteroatoms. The summed E-state index contributed by atoms with van der Waals surface area (Å²) in [6, 6.07) is 12.7. The first-order chi connectivity index (χ1) is 16.5. The van der Waals surface area contributed by atoms with Crippen molar-refractivity contribution in [1.29, 1.82) is 0 Å². The van der Waals surface area contributed by atoms with Crippen molar-refractivity contribution < 1.29 is 28.7 Å². The minimum atomic E-state index is -0.650. The van der Waals surface area contributed by atoms with Crippen molar-refractivity contribution in [3.63, 3.8) is 0 Å². The molecule has 2 amide bonds. The van der Waals surface area contributed by atoms with E-state index in [0.717, 1.165) is 6.42 Å². The van der Waals surface area contributed by atoms with Crippen LogP contribution in [0.5, 0.6) is 5.75 Å². The molecule has 172 valence electrons. The zero-order chi connectivity index (χ0) is 23.6. The van der Waals surface area contributed by atoms with Crippen LogP contribution in [-0.4, -0.2) is 37.3 Å². The summed E-state index contributed by atoms with van der Waals surface area (Å²) >= 11 is 0. The average molecular weight is 457 g/mol. The van der Waals surface area contributed by atoms with Crippen molar-refractivity contribution in [3.05, 3.63) is 71.8 Å². The van der Waals surface area contributed by atoms with Gasteiger partial charge in [-0.2, -0.15) is 0 Å². The van der Waals surface area contributed by atoms with Crippen LogP contribution in [0.25, 0.3) is 0 Å². The molecule has 1 heterocycles. The van der Waals surface area contributed by atoms with Gasteiger partial charge in [0.25, 0.3) is 0 Å². The Balaban J connectivity index is 1.12. The van der Waals surface area contributed by atoms with Crippen LogP contribution in [0.4, 0.5) is 5.69 Å². The van der Waals surface area contributed by atoms with Gasteiger partial charge in [0, 0.05) is 5.56 Å². The molecule has 0 N–H and O–H groups in total. The highest BCUT2D eigenvalue weighted by molar-refractivity contribution is 6.22. The van der Waals surface area contributed by atoms with E-state index in [1.54, 1.807) is 36.4 Å². The van der Waals surface area contributed by atoms with E-state index in [9.17, 15) is 19.2 Å². The Kier molecular flexibility index (Phi) is 4.69. The van der Waals surface area contributed by atoms with Gasteiger partial charge in [-0.3, -0.25) is 19.3 Å². The van der Waals surface area contributed by atoms with Crippen molar-refractivity contribution in [2.24, 2.45) is 35.5 Å². The number of imide groups is 1. The van der Waals surface area contributed by atoms with Crippen LogP contribution in [0, 0.1) is 35.5 Å². The Morgan fingerprint density at radius 2 is 1.41 bits per heavy atom. The van der Waals surface area contributed by atoms with E-state index < -0.39 is 12.6 Å². The molecule has 2 aromatic rings. The van der Waals surface area contributed by atoms with E-state index in [2.05, 4.69) is 12.2 Å². The fourth-order valence-electron chi connectivity index (χ4n) is 6.03. The molecule has 3 fully saturated rings. The molecule has 1 saturated heterocycles. The summed E-state index contributed by atoms with van der Waals surface area (Å²) in [6.07, 6.45) is 5.40. The number of carbonyl (C=O) groups excluding carboxylic acids is 4. The lowest BCUT2D eigenvalue weighted by Gasteiger charge is -2.37. The Morgan fingerprint density at radius 1 is 0.853 bits per heavy atom. The van der Waals surface area contributed by atoms with E-state index in [1.165, 1.54) is 24.1 Å². The quantitative estimate of drug-likeness (QED) is 0.286. The van der Waals surface area contributed by atoms with Gasteiger partial charge in [-0.15, -0.1) is 0 Å². The fourth-order valence-corrected chi connectivity index (χ4v) is 6.03. The Labute approximate surface area is 196 Å². The van der Waals surface area contributed by atoms with Crippen molar-refractivity contribution in [3.8, 4) is 5.75 Å². The predicted molar refractivity (Wildman–Crippen MR) is 121 cm³/mol. The zero-order valence-electron chi connectivity index (χ0n) is 18.5. The number of ketones is 1. The third-order valence-corrected chi connectivity index (χ3v) is 7.77. The summed E-state index contributed by atoms with van der Waals surface area (Å²) in [5.41, 5.74) is 1.12. The van der Waals surface area contributed by atoms with Crippen LogP contribution < -0.4 is 9.64 Å². The molecular weight excluding hydrogens is 434 g/mol. The molecule has 4 aliphatic carbocycles. The van der Waals surface area contributed by atoms with Crippen LogP contribution in [0.2, 0.25) is 0 Å². The summed E-state index contributed by atoms with van der Waals surface area (Å²) in [5, 5.41) is 0. The number of carbonyl (C=O) groups is 4. The zero-order valence-corrected chi connectivity index (χ0v) is 18.5. The number of hydrogen-bond acceptors (Lipinski definition) is 6. The van der Waals surface area contributed by atoms with E-state index in [4.69, 9.17) is 9.47 Å². The number of hydrogen-bond donors (Lipinski definition) is 0. The lowest BCUT2D eigenvalue weighted by Crippen LogP contribution is -2.40. The van der Waals surface area contributed by atoms with E-state index in [0.29, 0.717) is 28.8 Å². The second-order valence-electron chi connectivity index (χ2n) is 9.44. The van der Waals surface area contributed by atoms with Crippen molar-refractivity contribution in [1.82, 2.24) is 0 Å². The number of rotatable bonds is 6. The number of Topliss-reactive ketones (excluding diaryl/α,β-unsaturated/α-hetero) is 1. The number of methoxy groups -OCH3 is 1. The number of benzene rings is 2. The molecule has 7 rings (SSSR count). The lowest BCUT2D eigenvalue weighted by atomic mass is 9.63. The highest BCUT2D eigenvalue weighted by atomic mass is 16.5. The molecule has 1 aliphatic heterocycles. The van der Waals surface area contributed by atoms with Gasteiger partial charge in [0.2, 0.25) is 11.8 Å². The highest BCUT2D eigenvalue weighted by Gasteiger charge is 2.67. The summed E-state index contributed by atoms with van der Waals surface area (Å²) in [4.78, 5) is 52.4. The minimum Gasteiger partial charge on any atom is -0.497 e. The standard InChI is InChI=1S/C27H23NO6/c1-33-17-8-4-14(5-9-17)22(29)13-34-27(32)15-2-6-16(7-3-15)28-25(30)23-18-10-11-19(21-12-20(18)21)24(23)26(28)31/h2-11,18-21,23-24H,12-13H2,1H3/t18-,19+,20-,21-,23+,24-/m1/s1. The number of esters is 1. The molecule has 2 aromatic carbocycles. The molecule has 34 heavy (non-hydrogen) atoms.